The van der Waals surface area contributed by atoms with Crippen LogP contribution < -0.4 is 58.2 Å². The van der Waals surface area contributed by atoms with Gasteiger partial charge in [-0.25, -0.2) is 0 Å². The molecule has 0 spiro atoms. The van der Waals surface area contributed by atoms with E-state index in [9.17, 15) is 0 Å². The second-order valence-electron chi connectivity index (χ2n) is 0.354. The number of hydrogen-bond acceptors (Lipinski definition) is 0. The number of rotatable bonds is 0. The summed E-state index contributed by atoms with van der Waals surface area (Å²) in [6, 6.07) is 0. The molecule has 34 valence electrons. The molecule has 2 heteroatoms. The van der Waals surface area contributed by atoms with Crippen LogP contribution in [0, 0.1) is 0 Å². The van der Waals surface area contributed by atoms with E-state index in [4.69, 9.17) is 5.73 Å². The zero-order chi connectivity index (χ0) is 4.71. The van der Waals surface area contributed by atoms with Crippen molar-refractivity contribution >= 4 is 0 Å². The van der Waals surface area contributed by atoms with Gasteiger partial charge in [-0.05, 0) is 0 Å². The molecular formula is C4H12NRb. The van der Waals surface area contributed by atoms with Crippen molar-refractivity contribution in [2.75, 3.05) is 6.54 Å². The van der Waals surface area contributed by atoms with Crippen molar-refractivity contribution in [2.45, 2.75) is 20.8 Å². The minimum atomic E-state index is 0. The molecule has 0 aromatic rings. The third kappa shape index (κ3) is 42.0. The van der Waals surface area contributed by atoms with E-state index in [1.54, 1.807) is 6.92 Å². The molecule has 0 heterocycles. The Morgan fingerprint density at radius 3 is 1.33 bits per heavy atom. The van der Waals surface area contributed by atoms with Crippen LogP contribution in [0.5, 0.6) is 0 Å². The van der Waals surface area contributed by atoms with E-state index in [-0.39, 0.29) is 58.2 Å². The van der Waals surface area contributed by atoms with Gasteiger partial charge in [0.05, 0.1) is 0 Å². The van der Waals surface area contributed by atoms with Crippen LogP contribution in [0.2, 0.25) is 0 Å². The van der Waals surface area contributed by atoms with Crippen LogP contribution in [0.15, 0.2) is 0 Å². The molecule has 0 aliphatic heterocycles. The Labute approximate surface area is 89.5 Å². The Balaban J connectivity index is -0.0000000275. The predicted molar refractivity (Wildman–Crippen MR) is 26.2 cm³/mol. The third-order valence-corrected chi connectivity index (χ3v) is 0. The van der Waals surface area contributed by atoms with Crippen molar-refractivity contribution in [1.29, 1.82) is 0 Å². The quantitative estimate of drug-likeness (QED) is 0.437. The van der Waals surface area contributed by atoms with Crippen molar-refractivity contribution < 1.29 is 58.2 Å². The van der Waals surface area contributed by atoms with Gasteiger partial charge < -0.3 is 5.73 Å². The first-order valence-corrected chi connectivity index (χ1v) is 2.06. The molecule has 0 fully saturated rings. The van der Waals surface area contributed by atoms with Crippen molar-refractivity contribution in [3.8, 4) is 0 Å². The zero-order valence-electron chi connectivity index (χ0n) is 5.21. The molecule has 0 aromatic carbocycles. The molecule has 1 N–H and O–H groups in total. The van der Waals surface area contributed by atoms with E-state index in [1.165, 1.54) is 0 Å². The summed E-state index contributed by atoms with van der Waals surface area (Å²) in [5, 5.41) is 0. The van der Waals surface area contributed by atoms with Crippen LogP contribution >= 0.6 is 0 Å². The van der Waals surface area contributed by atoms with Crippen LogP contribution in [0.4, 0.5) is 0 Å². The molecule has 1 nitrogen and oxygen atoms in total. The Hall–Kier alpha value is 1.77. The summed E-state index contributed by atoms with van der Waals surface area (Å²) in [6.07, 6.45) is 0. The third-order valence-electron chi connectivity index (χ3n) is 0. The van der Waals surface area contributed by atoms with Crippen LogP contribution in [-0.4, -0.2) is 6.54 Å². The van der Waals surface area contributed by atoms with Crippen LogP contribution in [0.25, 0.3) is 5.73 Å². The van der Waals surface area contributed by atoms with E-state index in [2.05, 4.69) is 0 Å². The summed E-state index contributed by atoms with van der Waals surface area (Å²) in [5.74, 6) is 0. The molecule has 0 saturated heterocycles. The molecule has 0 aliphatic carbocycles. The molecule has 6 heavy (non-hydrogen) atoms. The van der Waals surface area contributed by atoms with Gasteiger partial charge in [0.1, 0.15) is 0 Å². The van der Waals surface area contributed by atoms with E-state index < -0.39 is 0 Å². The van der Waals surface area contributed by atoms with E-state index >= 15 is 0 Å². The minimum Gasteiger partial charge on any atom is -0.678 e. The van der Waals surface area contributed by atoms with Gasteiger partial charge >= 0.3 is 58.2 Å². The molecule has 0 amide bonds. The Bertz CT molecular complexity index is 7.51. The summed E-state index contributed by atoms with van der Waals surface area (Å²) in [6.45, 7) is 6.29. The van der Waals surface area contributed by atoms with Crippen molar-refractivity contribution in [3.05, 3.63) is 5.73 Å². The maximum Gasteiger partial charge on any atom is 1.00 e. The topological polar surface area (TPSA) is 23.8 Å². The predicted octanol–water partition coefficient (Wildman–Crippen LogP) is -0.911. The molecule has 0 aliphatic rings. The molecule has 0 rings (SSSR count). The Morgan fingerprint density at radius 2 is 1.33 bits per heavy atom. The smallest absolute Gasteiger partial charge is 0.678 e. The molecule has 0 unspecified atom stereocenters. The van der Waals surface area contributed by atoms with Crippen molar-refractivity contribution in [1.82, 2.24) is 0 Å². The average molecular weight is 160 g/mol. The SMILES string of the molecule is CC.CC[NH-].[Rb+]. The number of hydrogen-bond donors (Lipinski definition) is 0. The fourth-order valence-corrected chi connectivity index (χ4v) is 0. The molecular weight excluding hydrogens is 148 g/mol. The minimum absolute atomic E-state index is 0. The summed E-state index contributed by atoms with van der Waals surface area (Å²) < 4.78 is 0. The first kappa shape index (κ1) is 15.7. The fraction of sp³-hybridized carbons (Fsp3) is 1.00. The molecule has 0 aromatic heterocycles. The van der Waals surface area contributed by atoms with Crippen molar-refractivity contribution in [2.24, 2.45) is 0 Å². The molecule has 0 saturated carbocycles. The van der Waals surface area contributed by atoms with E-state index in [0.717, 1.165) is 0 Å². The average Bonchev–Trinajstić information content (AvgIpc) is 1.46. The van der Waals surface area contributed by atoms with Gasteiger partial charge in [0.15, 0.2) is 0 Å². The molecule has 0 radical (unpaired) electrons. The Morgan fingerprint density at radius 1 is 1.33 bits per heavy atom. The number of nitrogens with one attached hydrogen (secondary N) is 1. The van der Waals surface area contributed by atoms with Crippen LogP contribution in [0.3, 0.4) is 0 Å². The summed E-state index contributed by atoms with van der Waals surface area (Å²) in [7, 11) is 0. The second kappa shape index (κ2) is 29.4. The van der Waals surface area contributed by atoms with Gasteiger partial charge in [-0.1, -0.05) is 20.8 Å². The van der Waals surface area contributed by atoms with Gasteiger partial charge in [-0.3, -0.25) is 0 Å². The summed E-state index contributed by atoms with van der Waals surface area (Å²) >= 11 is 0. The van der Waals surface area contributed by atoms with E-state index in [1.807, 2.05) is 13.8 Å². The second-order valence-corrected chi connectivity index (χ2v) is 0.354. The maximum atomic E-state index is 6.21. The molecule has 0 bridgehead atoms. The molecule has 0 atom stereocenters. The van der Waals surface area contributed by atoms with E-state index in [0.29, 0.717) is 6.54 Å². The first-order valence-electron chi connectivity index (χ1n) is 2.06. The largest absolute Gasteiger partial charge is 1.00 e. The van der Waals surface area contributed by atoms with Gasteiger partial charge in [0.2, 0.25) is 0 Å². The van der Waals surface area contributed by atoms with Gasteiger partial charge in [0, 0.05) is 0 Å². The first-order chi connectivity index (χ1) is 2.41. The fourth-order valence-electron chi connectivity index (χ4n) is 0. The normalized spacial score (nSPS) is 4.00. The van der Waals surface area contributed by atoms with Gasteiger partial charge in [-0.15, -0.1) is 0 Å². The zero-order valence-corrected chi connectivity index (χ0v) is 10.1. The van der Waals surface area contributed by atoms with Gasteiger partial charge in [0.25, 0.3) is 0 Å². The van der Waals surface area contributed by atoms with Crippen molar-refractivity contribution in [3.63, 3.8) is 0 Å². The van der Waals surface area contributed by atoms with Gasteiger partial charge in [-0.2, -0.15) is 6.54 Å². The summed E-state index contributed by atoms with van der Waals surface area (Å²) in [5.41, 5.74) is 6.21. The van der Waals surface area contributed by atoms with Crippen LogP contribution in [-0.2, 0) is 0 Å². The monoisotopic (exact) mass is 159 g/mol. The summed E-state index contributed by atoms with van der Waals surface area (Å²) in [4.78, 5) is 0. The standard InChI is InChI=1S/C2H6N.C2H6.Rb/c1-2-3;1-2;/h3H,2H2,1H3;1-2H3;/q-1;;+1. The van der Waals surface area contributed by atoms with Crippen LogP contribution in [0.1, 0.15) is 20.8 Å². The maximum absolute atomic E-state index is 6.21. The Kier molecular flexibility index (Phi) is 76.7.